The summed E-state index contributed by atoms with van der Waals surface area (Å²) >= 11 is 0. The fourth-order valence-corrected chi connectivity index (χ4v) is 8.59. The monoisotopic (exact) mass is 529 g/mol. The molecule has 0 unspecified atom stereocenters. The average molecular weight is 530 g/mol. The minimum atomic E-state index is -2.61. The number of halogens is 1. The fourth-order valence-electron chi connectivity index (χ4n) is 8.59. The Balaban J connectivity index is 1.15. The number of rotatable bonds is 8. The Bertz CT molecular complexity index is 1120. The van der Waals surface area contributed by atoms with E-state index >= 15 is 4.39 Å². The molecule has 0 aromatic heterocycles. The normalized spacial score (nSPS) is 42.8. The Kier molecular flexibility index (Phi) is 5.92. The van der Waals surface area contributed by atoms with E-state index in [2.05, 4.69) is 0 Å². The highest BCUT2D eigenvalue weighted by molar-refractivity contribution is 5.91. The van der Waals surface area contributed by atoms with Gasteiger partial charge in [0.15, 0.2) is 0 Å². The van der Waals surface area contributed by atoms with Crippen molar-refractivity contribution in [1.82, 2.24) is 0 Å². The second-order valence-corrected chi connectivity index (χ2v) is 12.7. The van der Waals surface area contributed by atoms with E-state index in [0.29, 0.717) is 17.8 Å². The summed E-state index contributed by atoms with van der Waals surface area (Å²) in [6, 6.07) is 7.60. The number of carbonyl (C=O) groups is 3. The van der Waals surface area contributed by atoms with Crippen LogP contribution in [0.5, 0.6) is 0 Å². The summed E-state index contributed by atoms with van der Waals surface area (Å²) in [4.78, 5) is 38.4. The standard InChI is InChI=1S/C29H36FNO7/c1-15-3-5-17(6-4-15)14-36-22-10-21-23(28(21,30)24(32)33)29(22,31)26(35)38-16(2)37-25(34)27-11-18-7-19(12-27)9-20(8-18)13-27/h3-6,16,18-23H,7-14,31H2,1-2H3,(H,32,33)/t16-,18?,19?,20?,21+,22+,23-,27?,28+,29-/m0/s1. The molecule has 6 aliphatic rings. The molecule has 8 nitrogen and oxygen atoms in total. The lowest BCUT2D eigenvalue weighted by molar-refractivity contribution is -0.206. The highest BCUT2D eigenvalue weighted by Crippen LogP contribution is 2.67. The number of aliphatic carboxylic acids is 1. The summed E-state index contributed by atoms with van der Waals surface area (Å²) in [6.07, 6.45) is 3.74. The molecule has 6 fully saturated rings. The number of hydrogen-bond acceptors (Lipinski definition) is 7. The highest BCUT2D eigenvalue weighted by atomic mass is 19.1. The quantitative estimate of drug-likeness (QED) is 0.386. The van der Waals surface area contributed by atoms with Gasteiger partial charge in [0.25, 0.3) is 0 Å². The molecule has 6 saturated carbocycles. The summed E-state index contributed by atoms with van der Waals surface area (Å²) in [6.45, 7) is 3.53. The van der Waals surface area contributed by atoms with Gasteiger partial charge in [-0.3, -0.25) is 4.79 Å². The van der Waals surface area contributed by atoms with Gasteiger partial charge in [0, 0.05) is 18.8 Å². The van der Waals surface area contributed by atoms with Crippen molar-refractivity contribution in [3.05, 3.63) is 35.4 Å². The number of carboxylic acids is 1. The fraction of sp³-hybridized carbons (Fsp3) is 0.690. The number of nitrogens with two attached hydrogens (primary N) is 1. The third-order valence-electron chi connectivity index (χ3n) is 10.1. The van der Waals surface area contributed by atoms with E-state index in [9.17, 15) is 19.5 Å². The van der Waals surface area contributed by atoms with Gasteiger partial charge < -0.3 is 25.1 Å². The molecule has 1 aromatic rings. The van der Waals surface area contributed by atoms with E-state index in [1.54, 1.807) is 0 Å². The molecule has 9 heteroatoms. The van der Waals surface area contributed by atoms with Gasteiger partial charge in [0.05, 0.1) is 18.1 Å². The Morgan fingerprint density at radius 3 is 2.11 bits per heavy atom. The Hall–Kier alpha value is -2.52. The largest absolute Gasteiger partial charge is 0.479 e. The van der Waals surface area contributed by atoms with Gasteiger partial charge >= 0.3 is 17.9 Å². The molecule has 0 saturated heterocycles. The van der Waals surface area contributed by atoms with Crippen LogP contribution >= 0.6 is 0 Å². The summed E-state index contributed by atoms with van der Waals surface area (Å²) < 4.78 is 32.4. The van der Waals surface area contributed by atoms with Crippen LogP contribution in [0.1, 0.15) is 63.0 Å². The van der Waals surface area contributed by atoms with Crippen molar-refractivity contribution in [3.8, 4) is 0 Å². The van der Waals surface area contributed by atoms with Gasteiger partial charge in [-0.15, -0.1) is 0 Å². The molecule has 0 aliphatic heterocycles. The van der Waals surface area contributed by atoms with E-state index < -0.39 is 52.8 Å². The van der Waals surface area contributed by atoms with Gasteiger partial charge in [-0.1, -0.05) is 29.8 Å². The first kappa shape index (κ1) is 25.7. The van der Waals surface area contributed by atoms with Crippen LogP contribution in [0.2, 0.25) is 0 Å². The van der Waals surface area contributed by atoms with E-state index in [0.717, 1.165) is 30.4 Å². The average Bonchev–Trinajstić information content (AvgIpc) is 3.33. The third-order valence-corrected chi connectivity index (χ3v) is 10.1. The van der Waals surface area contributed by atoms with Gasteiger partial charge in [0.2, 0.25) is 12.0 Å². The molecular weight excluding hydrogens is 493 g/mol. The van der Waals surface area contributed by atoms with E-state index in [-0.39, 0.29) is 19.0 Å². The van der Waals surface area contributed by atoms with Gasteiger partial charge in [0.1, 0.15) is 5.54 Å². The van der Waals surface area contributed by atoms with E-state index in [4.69, 9.17) is 19.9 Å². The van der Waals surface area contributed by atoms with Crippen molar-refractivity contribution in [1.29, 1.82) is 0 Å². The van der Waals surface area contributed by atoms with Crippen LogP contribution in [0.3, 0.4) is 0 Å². The van der Waals surface area contributed by atoms with Gasteiger partial charge in [-0.05, 0) is 75.2 Å². The lowest BCUT2D eigenvalue weighted by Crippen LogP contribution is -2.61. The number of hydrogen-bond donors (Lipinski definition) is 2. The van der Waals surface area contributed by atoms with Crippen molar-refractivity contribution in [2.45, 2.75) is 89.0 Å². The molecular formula is C29H36FNO7. The zero-order valence-corrected chi connectivity index (χ0v) is 21.9. The molecule has 0 heterocycles. The lowest BCUT2D eigenvalue weighted by Gasteiger charge is -2.55. The highest BCUT2D eigenvalue weighted by Gasteiger charge is 2.85. The number of esters is 2. The predicted octanol–water partition coefficient (Wildman–Crippen LogP) is 3.67. The van der Waals surface area contributed by atoms with E-state index in [1.165, 1.54) is 26.2 Å². The van der Waals surface area contributed by atoms with Crippen LogP contribution in [0.4, 0.5) is 4.39 Å². The first-order chi connectivity index (χ1) is 18.0. The summed E-state index contributed by atoms with van der Waals surface area (Å²) in [5, 5.41) is 9.51. The molecule has 6 atom stereocenters. The molecule has 206 valence electrons. The third kappa shape index (κ3) is 3.87. The van der Waals surface area contributed by atoms with Crippen molar-refractivity contribution in [3.63, 3.8) is 0 Å². The Morgan fingerprint density at radius 2 is 1.55 bits per heavy atom. The number of ether oxygens (including phenoxy) is 3. The summed E-state index contributed by atoms with van der Waals surface area (Å²) in [5.41, 5.74) is 3.27. The number of fused-ring (bicyclic) bond motifs is 1. The first-order valence-corrected chi connectivity index (χ1v) is 13.8. The smallest absolute Gasteiger partial charge is 0.342 e. The van der Waals surface area contributed by atoms with Crippen LogP contribution in [-0.4, -0.2) is 46.6 Å². The number of carbonyl (C=O) groups excluding carboxylic acids is 2. The lowest BCUT2D eigenvalue weighted by atomic mass is 9.49. The van der Waals surface area contributed by atoms with Crippen LogP contribution in [-0.2, 0) is 35.2 Å². The predicted molar refractivity (Wildman–Crippen MR) is 132 cm³/mol. The number of benzene rings is 1. The number of aryl methyl sites for hydroxylation is 1. The summed E-state index contributed by atoms with van der Waals surface area (Å²) in [5.74, 6) is -3.60. The van der Waals surface area contributed by atoms with Crippen molar-refractivity contribution in [2.24, 2.45) is 40.7 Å². The van der Waals surface area contributed by atoms with Crippen LogP contribution in [0.25, 0.3) is 0 Å². The zero-order chi connectivity index (χ0) is 27.0. The maximum atomic E-state index is 15.3. The minimum absolute atomic E-state index is 0.0215. The van der Waals surface area contributed by atoms with E-state index in [1.807, 2.05) is 31.2 Å². The molecule has 3 N–H and O–H groups in total. The van der Waals surface area contributed by atoms with Crippen LogP contribution in [0, 0.1) is 41.9 Å². The zero-order valence-electron chi connectivity index (χ0n) is 21.9. The molecule has 1 aromatic carbocycles. The Labute approximate surface area is 221 Å². The van der Waals surface area contributed by atoms with Gasteiger partial charge in [-0.2, -0.15) is 0 Å². The first-order valence-electron chi connectivity index (χ1n) is 13.8. The van der Waals surface area contributed by atoms with Gasteiger partial charge in [-0.25, -0.2) is 14.0 Å². The molecule has 38 heavy (non-hydrogen) atoms. The molecule has 0 spiro atoms. The topological polar surface area (TPSA) is 125 Å². The molecule has 0 radical (unpaired) electrons. The van der Waals surface area contributed by atoms with Crippen LogP contribution < -0.4 is 5.73 Å². The molecule has 7 rings (SSSR count). The summed E-state index contributed by atoms with van der Waals surface area (Å²) in [7, 11) is 0. The molecule has 0 amide bonds. The van der Waals surface area contributed by atoms with Crippen molar-refractivity contribution >= 4 is 17.9 Å². The van der Waals surface area contributed by atoms with Crippen molar-refractivity contribution in [2.75, 3.05) is 0 Å². The second-order valence-electron chi connectivity index (χ2n) is 12.7. The Morgan fingerprint density at radius 1 is 1.00 bits per heavy atom. The number of carboxylic acid groups (broad SMARTS) is 1. The molecule has 6 aliphatic carbocycles. The number of alkyl halides is 1. The maximum absolute atomic E-state index is 15.3. The maximum Gasteiger partial charge on any atom is 0.342 e. The van der Waals surface area contributed by atoms with Crippen molar-refractivity contribution < 1.29 is 38.1 Å². The minimum Gasteiger partial charge on any atom is -0.479 e. The SMILES string of the molecule is Cc1ccc(CO[C@@H]2C[C@@H]3[C@H]([C@]2(N)C(=O)O[C@@H](C)OC(=O)C24CC5CC(CC(C5)C2)C4)[C@@]3(F)C(=O)O)cc1. The second kappa shape index (κ2) is 8.74. The molecule has 4 bridgehead atoms. The van der Waals surface area contributed by atoms with Crippen LogP contribution in [0.15, 0.2) is 24.3 Å².